The van der Waals surface area contributed by atoms with E-state index in [0.29, 0.717) is 12.1 Å². The van der Waals surface area contributed by atoms with Gasteiger partial charge in [0.25, 0.3) is 5.91 Å². The number of carbonyl (C=O) groups is 1. The summed E-state index contributed by atoms with van der Waals surface area (Å²) in [5, 5.41) is 8.29. The van der Waals surface area contributed by atoms with Gasteiger partial charge in [0.15, 0.2) is 5.69 Å². The molecule has 170 valence electrons. The second kappa shape index (κ2) is 8.53. The molecule has 0 aliphatic rings. The number of rotatable bonds is 5. The van der Waals surface area contributed by atoms with Gasteiger partial charge in [-0.3, -0.25) is 19.6 Å². The molecule has 0 saturated heterocycles. The van der Waals surface area contributed by atoms with E-state index in [9.17, 15) is 31.1 Å². The Balaban J connectivity index is 2.14. The first-order valence-corrected chi connectivity index (χ1v) is 8.72. The maximum Gasteiger partial charge on any atom is 0.416 e. The van der Waals surface area contributed by atoms with Crippen LogP contribution in [0.4, 0.5) is 26.3 Å². The number of alkyl halides is 6. The molecule has 2 aromatic heterocycles. The predicted octanol–water partition coefficient (Wildman–Crippen LogP) is 3.45. The number of halogens is 6. The van der Waals surface area contributed by atoms with Gasteiger partial charge in [0.1, 0.15) is 11.4 Å². The number of amides is 1. The number of hydrogen-bond acceptors (Lipinski definition) is 6. The molecule has 0 unspecified atom stereocenters. The van der Waals surface area contributed by atoms with E-state index in [-0.39, 0.29) is 28.7 Å². The first-order chi connectivity index (χ1) is 14.9. The van der Waals surface area contributed by atoms with E-state index in [1.54, 1.807) is 0 Å². The Morgan fingerprint density at radius 1 is 1.06 bits per heavy atom. The van der Waals surface area contributed by atoms with Crippen molar-refractivity contribution in [3.8, 4) is 11.4 Å². The van der Waals surface area contributed by atoms with Crippen molar-refractivity contribution in [2.75, 3.05) is 14.2 Å². The molecule has 0 aliphatic carbocycles. The molecule has 1 aromatic carbocycles. The summed E-state index contributed by atoms with van der Waals surface area (Å²) < 4.78 is 80.0. The number of nitrogens with zero attached hydrogens (tertiary/aromatic N) is 6. The monoisotopic (exact) mass is 460 g/mol. The minimum Gasteiger partial charge on any atom is -0.274 e. The summed E-state index contributed by atoms with van der Waals surface area (Å²) in [5.74, 6) is -0.764. The number of carbonyl (C=O) groups excluding carboxylic acids is 1. The van der Waals surface area contributed by atoms with E-state index in [2.05, 4.69) is 20.3 Å². The fourth-order valence-electron chi connectivity index (χ4n) is 2.76. The van der Waals surface area contributed by atoms with Crippen molar-refractivity contribution in [1.82, 2.24) is 30.0 Å². The second-order valence-electron chi connectivity index (χ2n) is 6.43. The number of aromatic nitrogens is 5. The summed E-state index contributed by atoms with van der Waals surface area (Å²) >= 11 is 0. The molecule has 3 aromatic rings. The van der Waals surface area contributed by atoms with Gasteiger partial charge in [-0.15, -0.1) is 5.10 Å². The van der Waals surface area contributed by atoms with Crippen LogP contribution in [0.15, 0.2) is 36.8 Å². The van der Waals surface area contributed by atoms with Crippen LogP contribution < -0.4 is 0 Å². The van der Waals surface area contributed by atoms with Crippen LogP contribution in [0.1, 0.15) is 27.2 Å². The summed E-state index contributed by atoms with van der Waals surface area (Å²) in [7, 11) is 2.50. The summed E-state index contributed by atoms with van der Waals surface area (Å²) in [6, 6.07) is 1.16. The molecule has 14 heteroatoms. The Hall–Kier alpha value is -3.55. The quantitative estimate of drug-likeness (QED) is 0.428. The van der Waals surface area contributed by atoms with Crippen LogP contribution in [0.25, 0.3) is 11.4 Å². The van der Waals surface area contributed by atoms with Crippen molar-refractivity contribution < 1.29 is 36.0 Å². The van der Waals surface area contributed by atoms with E-state index in [4.69, 9.17) is 4.84 Å². The van der Waals surface area contributed by atoms with Gasteiger partial charge in [0.05, 0.1) is 31.0 Å². The minimum atomic E-state index is -5.01. The lowest BCUT2D eigenvalue weighted by molar-refractivity contribution is -0.143. The minimum absolute atomic E-state index is 0.0247. The summed E-state index contributed by atoms with van der Waals surface area (Å²) in [6.07, 6.45) is -6.15. The van der Waals surface area contributed by atoms with Crippen LogP contribution in [0.5, 0.6) is 0 Å². The second-order valence-corrected chi connectivity index (χ2v) is 6.43. The maximum atomic E-state index is 13.2. The highest BCUT2D eigenvalue weighted by atomic mass is 19.4. The van der Waals surface area contributed by atoms with E-state index >= 15 is 0 Å². The Morgan fingerprint density at radius 2 is 1.69 bits per heavy atom. The molecule has 0 atom stereocenters. The average Bonchev–Trinajstić information content (AvgIpc) is 3.15. The number of benzene rings is 1. The SMILES string of the molecule is CON(C)C(=O)c1nnn(Cc2cc(C(F)(F)F)cc(C(F)(F)F)c2)c1-c1cnccn1. The zero-order valence-corrected chi connectivity index (χ0v) is 16.4. The molecule has 2 heterocycles. The molecule has 3 rings (SSSR count). The first-order valence-electron chi connectivity index (χ1n) is 8.72. The first kappa shape index (κ1) is 23.1. The lowest BCUT2D eigenvalue weighted by atomic mass is 10.0. The fourth-order valence-corrected chi connectivity index (χ4v) is 2.76. The van der Waals surface area contributed by atoms with Crippen LogP contribution in [0.2, 0.25) is 0 Å². The fraction of sp³-hybridized carbons (Fsp3) is 0.278. The van der Waals surface area contributed by atoms with Gasteiger partial charge in [0.2, 0.25) is 0 Å². The van der Waals surface area contributed by atoms with Crippen molar-refractivity contribution in [2.24, 2.45) is 0 Å². The molecule has 0 saturated carbocycles. The average molecular weight is 460 g/mol. The summed E-state index contributed by atoms with van der Waals surface area (Å²) in [4.78, 5) is 25.3. The van der Waals surface area contributed by atoms with E-state index in [0.717, 1.165) is 9.75 Å². The van der Waals surface area contributed by atoms with E-state index in [1.807, 2.05) is 0 Å². The lowest BCUT2D eigenvalue weighted by Gasteiger charge is -2.15. The molecule has 0 N–H and O–H groups in total. The smallest absolute Gasteiger partial charge is 0.274 e. The van der Waals surface area contributed by atoms with Crippen molar-refractivity contribution in [2.45, 2.75) is 18.9 Å². The largest absolute Gasteiger partial charge is 0.416 e. The highest BCUT2D eigenvalue weighted by molar-refractivity contribution is 5.96. The van der Waals surface area contributed by atoms with Crippen LogP contribution in [0, 0.1) is 0 Å². The van der Waals surface area contributed by atoms with Gasteiger partial charge < -0.3 is 0 Å². The van der Waals surface area contributed by atoms with Gasteiger partial charge in [-0.2, -0.15) is 26.3 Å². The van der Waals surface area contributed by atoms with E-state index in [1.165, 1.54) is 32.7 Å². The Bertz CT molecular complexity index is 1080. The van der Waals surface area contributed by atoms with Crippen molar-refractivity contribution in [3.63, 3.8) is 0 Å². The maximum absolute atomic E-state index is 13.2. The molecule has 1 amide bonds. The van der Waals surface area contributed by atoms with Gasteiger partial charge in [-0.1, -0.05) is 5.21 Å². The molecular weight excluding hydrogens is 446 g/mol. The molecule has 0 radical (unpaired) electrons. The van der Waals surface area contributed by atoms with Crippen LogP contribution >= 0.6 is 0 Å². The van der Waals surface area contributed by atoms with Crippen LogP contribution in [0.3, 0.4) is 0 Å². The van der Waals surface area contributed by atoms with Crippen molar-refractivity contribution in [1.29, 1.82) is 0 Å². The number of hydroxylamine groups is 2. The number of hydrogen-bond donors (Lipinski definition) is 0. The molecule has 0 bridgehead atoms. The van der Waals surface area contributed by atoms with Crippen molar-refractivity contribution in [3.05, 3.63) is 59.2 Å². The Labute approximate surface area is 176 Å². The summed E-state index contributed by atoms with van der Waals surface area (Å²) in [6.45, 7) is -0.560. The van der Waals surface area contributed by atoms with E-state index < -0.39 is 35.9 Å². The zero-order chi connectivity index (χ0) is 23.7. The topological polar surface area (TPSA) is 86.0 Å². The van der Waals surface area contributed by atoms with Gasteiger partial charge in [-0.05, 0) is 23.8 Å². The van der Waals surface area contributed by atoms with Gasteiger partial charge >= 0.3 is 12.4 Å². The molecule has 0 aliphatic heterocycles. The molecule has 0 fully saturated rings. The third kappa shape index (κ3) is 4.85. The Kier molecular flexibility index (Phi) is 6.16. The third-order valence-electron chi connectivity index (χ3n) is 4.28. The van der Waals surface area contributed by atoms with Crippen LogP contribution in [-0.2, 0) is 23.7 Å². The molecule has 8 nitrogen and oxygen atoms in total. The zero-order valence-electron chi connectivity index (χ0n) is 16.4. The molecule has 32 heavy (non-hydrogen) atoms. The molecular formula is C18H14F6N6O2. The van der Waals surface area contributed by atoms with Crippen molar-refractivity contribution >= 4 is 5.91 Å². The summed E-state index contributed by atoms with van der Waals surface area (Å²) in [5.41, 5.74) is -3.57. The van der Waals surface area contributed by atoms with Gasteiger partial charge in [-0.25, -0.2) is 9.75 Å². The highest BCUT2D eigenvalue weighted by Crippen LogP contribution is 2.36. The molecule has 0 spiro atoms. The normalized spacial score (nSPS) is 12.1. The standard InChI is InChI=1S/C18H14F6N6O2/c1-29(32-2)16(31)14-15(13-8-25-3-4-26-13)30(28-27-14)9-10-5-11(17(19,20)21)7-12(6-10)18(22,23)24/h3-8H,9H2,1-2H3. The highest BCUT2D eigenvalue weighted by Gasteiger charge is 2.37. The lowest BCUT2D eigenvalue weighted by Crippen LogP contribution is -2.26. The van der Waals surface area contributed by atoms with Crippen LogP contribution in [-0.4, -0.2) is 50.1 Å². The Morgan fingerprint density at radius 3 is 2.19 bits per heavy atom. The van der Waals surface area contributed by atoms with Gasteiger partial charge in [0, 0.05) is 19.4 Å². The third-order valence-corrected chi connectivity index (χ3v) is 4.28. The predicted molar refractivity (Wildman–Crippen MR) is 95.7 cm³/mol.